The van der Waals surface area contributed by atoms with Gasteiger partial charge in [-0.05, 0) is 43.7 Å². The number of likely N-dealkylation sites (N-methyl/N-ethyl adjacent to an activating group) is 1. The smallest absolute Gasteiger partial charge is 0.123 e. The lowest BCUT2D eigenvalue weighted by atomic mass is 10.0. The number of nitrogens with one attached hydrogen (secondary N) is 1. The van der Waals surface area contributed by atoms with Crippen LogP contribution in [0, 0.1) is 5.82 Å². The standard InChI is InChI=1S/C16H22FN3/c1-4-14-10-16(20(3)19-14)11-15(18-2)9-12-6-5-7-13(17)8-12/h5-8,10,15,18H,4,9,11H2,1-3H3. The molecule has 0 aliphatic carbocycles. The highest BCUT2D eigenvalue weighted by molar-refractivity contribution is 5.19. The zero-order valence-electron chi connectivity index (χ0n) is 12.4. The second-order valence-corrected chi connectivity index (χ2v) is 5.13. The van der Waals surface area contributed by atoms with E-state index in [1.807, 2.05) is 24.8 Å². The molecule has 2 aromatic rings. The summed E-state index contributed by atoms with van der Waals surface area (Å²) in [6, 6.07) is 9.23. The molecule has 0 aliphatic rings. The van der Waals surface area contributed by atoms with Gasteiger partial charge in [0.05, 0.1) is 5.69 Å². The van der Waals surface area contributed by atoms with E-state index in [4.69, 9.17) is 0 Å². The molecule has 2 rings (SSSR count). The fourth-order valence-corrected chi connectivity index (χ4v) is 2.41. The maximum atomic E-state index is 13.2. The molecule has 0 saturated carbocycles. The quantitative estimate of drug-likeness (QED) is 0.878. The van der Waals surface area contributed by atoms with Crippen molar-refractivity contribution in [2.75, 3.05) is 7.05 Å². The van der Waals surface area contributed by atoms with Crippen LogP contribution < -0.4 is 5.32 Å². The highest BCUT2D eigenvalue weighted by Gasteiger charge is 2.12. The highest BCUT2D eigenvalue weighted by Crippen LogP contribution is 2.12. The molecule has 0 amide bonds. The van der Waals surface area contributed by atoms with Crippen LogP contribution in [0.15, 0.2) is 30.3 Å². The number of halogens is 1. The lowest BCUT2D eigenvalue weighted by Gasteiger charge is -2.16. The van der Waals surface area contributed by atoms with Gasteiger partial charge in [0.15, 0.2) is 0 Å². The maximum Gasteiger partial charge on any atom is 0.123 e. The first-order valence-electron chi connectivity index (χ1n) is 7.06. The Balaban J connectivity index is 2.06. The Bertz CT molecular complexity index is 563. The summed E-state index contributed by atoms with van der Waals surface area (Å²) >= 11 is 0. The molecule has 1 aromatic carbocycles. The van der Waals surface area contributed by atoms with Crippen LogP contribution in [-0.2, 0) is 26.3 Å². The summed E-state index contributed by atoms with van der Waals surface area (Å²) in [6.07, 6.45) is 2.64. The number of rotatable bonds is 6. The second-order valence-electron chi connectivity index (χ2n) is 5.13. The first-order valence-corrected chi connectivity index (χ1v) is 7.06. The number of hydrogen-bond donors (Lipinski definition) is 1. The zero-order chi connectivity index (χ0) is 14.5. The minimum Gasteiger partial charge on any atom is -0.316 e. The van der Waals surface area contributed by atoms with Crippen LogP contribution in [0.1, 0.15) is 23.9 Å². The van der Waals surface area contributed by atoms with Gasteiger partial charge in [0.25, 0.3) is 0 Å². The molecule has 1 heterocycles. The van der Waals surface area contributed by atoms with E-state index in [0.717, 1.165) is 30.5 Å². The van der Waals surface area contributed by atoms with Crippen molar-refractivity contribution in [1.29, 1.82) is 0 Å². The molecule has 0 aliphatic heterocycles. The number of hydrogen-bond acceptors (Lipinski definition) is 2. The van der Waals surface area contributed by atoms with Crippen molar-refractivity contribution in [3.8, 4) is 0 Å². The van der Waals surface area contributed by atoms with Crippen molar-refractivity contribution >= 4 is 0 Å². The van der Waals surface area contributed by atoms with Gasteiger partial charge < -0.3 is 5.32 Å². The van der Waals surface area contributed by atoms with Gasteiger partial charge in [-0.2, -0.15) is 5.10 Å². The van der Waals surface area contributed by atoms with Crippen molar-refractivity contribution in [1.82, 2.24) is 15.1 Å². The third-order valence-corrected chi connectivity index (χ3v) is 3.62. The average Bonchev–Trinajstić information content (AvgIpc) is 2.78. The van der Waals surface area contributed by atoms with Crippen LogP contribution in [0.4, 0.5) is 4.39 Å². The number of aryl methyl sites for hydroxylation is 2. The van der Waals surface area contributed by atoms with Crippen LogP contribution >= 0.6 is 0 Å². The fourth-order valence-electron chi connectivity index (χ4n) is 2.41. The summed E-state index contributed by atoms with van der Waals surface area (Å²) in [5, 5.41) is 7.78. The molecule has 108 valence electrons. The van der Waals surface area contributed by atoms with Gasteiger partial charge in [-0.1, -0.05) is 19.1 Å². The Labute approximate surface area is 119 Å². The van der Waals surface area contributed by atoms with Gasteiger partial charge in [-0.15, -0.1) is 0 Å². The Hall–Kier alpha value is -1.68. The van der Waals surface area contributed by atoms with Gasteiger partial charge in [-0.25, -0.2) is 4.39 Å². The molecule has 3 nitrogen and oxygen atoms in total. The van der Waals surface area contributed by atoms with Gasteiger partial charge in [0.1, 0.15) is 5.82 Å². The van der Waals surface area contributed by atoms with Gasteiger partial charge in [-0.3, -0.25) is 4.68 Å². The van der Waals surface area contributed by atoms with Crippen LogP contribution in [0.25, 0.3) is 0 Å². The number of benzene rings is 1. The largest absolute Gasteiger partial charge is 0.316 e. The molecule has 1 unspecified atom stereocenters. The van der Waals surface area contributed by atoms with E-state index in [-0.39, 0.29) is 11.9 Å². The topological polar surface area (TPSA) is 29.9 Å². The van der Waals surface area contributed by atoms with Crippen LogP contribution in [0.2, 0.25) is 0 Å². The highest BCUT2D eigenvalue weighted by atomic mass is 19.1. The Morgan fingerprint density at radius 3 is 2.70 bits per heavy atom. The van der Waals surface area contributed by atoms with Gasteiger partial charge in [0.2, 0.25) is 0 Å². The lowest BCUT2D eigenvalue weighted by molar-refractivity contribution is 0.531. The predicted molar refractivity (Wildman–Crippen MR) is 79.2 cm³/mol. The van der Waals surface area contributed by atoms with Crippen molar-refractivity contribution < 1.29 is 4.39 Å². The van der Waals surface area contributed by atoms with Crippen molar-refractivity contribution in [3.05, 3.63) is 53.1 Å². The average molecular weight is 275 g/mol. The van der Waals surface area contributed by atoms with E-state index >= 15 is 0 Å². The molecule has 0 spiro atoms. The van der Waals surface area contributed by atoms with E-state index in [0.29, 0.717) is 0 Å². The molecule has 1 aromatic heterocycles. The Kier molecular flexibility index (Phi) is 4.90. The van der Waals surface area contributed by atoms with Crippen LogP contribution in [0.3, 0.4) is 0 Å². The van der Waals surface area contributed by atoms with E-state index in [1.165, 1.54) is 11.8 Å². The van der Waals surface area contributed by atoms with E-state index in [2.05, 4.69) is 23.4 Å². The molecule has 1 N–H and O–H groups in total. The number of aromatic nitrogens is 2. The molecule has 0 saturated heterocycles. The first kappa shape index (κ1) is 14.7. The van der Waals surface area contributed by atoms with Crippen LogP contribution in [0.5, 0.6) is 0 Å². The van der Waals surface area contributed by atoms with E-state index in [1.54, 1.807) is 12.1 Å². The van der Waals surface area contributed by atoms with Crippen LogP contribution in [-0.4, -0.2) is 22.9 Å². The molecule has 1 atom stereocenters. The fraction of sp³-hybridized carbons (Fsp3) is 0.438. The third kappa shape index (κ3) is 3.67. The first-order chi connectivity index (χ1) is 9.62. The minimum absolute atomic E-state index is 0.175. The molecule has 0 radical (unpaired) electrons. The number of nitrogens with zero attached hydrogens (tertiary/aromatic N) is 2. The van der Waals surface area contributed by atoms with Crippen molar-refractivity contribution in [2.45, 2.75) is 32.2 Å². The normalized spacial score (nSPS) is 12.6. The monoisotopic (exact) mass is 275 g/mol. The molecular weight excluding hydrogens is 253 g/mol. The summed E-state index contributed by atoms with van der Waals surface area (Å²) in [5.41, 5.74) is 3.34. The molecule has 0 fully saturated rings. The maximum absolute atomic E-state index is 13.2. The lowest BCUT2D eigenvalue weighted by Crippen LogP contribution is -2.30. The zero-order valence-corrected chi connectivity index (χ0v) is 12.4. The van der Waals surface area contributed by atoms with Gasteiger partial charge in [0, 0.05) is 25.2 Å². The summed E-state index contributed by atoms with van der Waals surface area (Å²) in [7, 11) is 3.92. The Morgan fingerprint density at radius 2 is 2.10 bits per heavy atom. The summed E-state index contributed by atoms with van der Waals surface area (Å²) < 4.78 is 15.2. The third-order valence-electron chi connectivity index (χ3n) is 3.62. The predicted octanol–water partition coefficient (Wildman–Crippen LogP) is 2.49. The Morgan fingerprint density at radius 1 is 1.30 bits per heavy atom. The molecule has 20 heavy (non-hydrogen) atoms. The van der Waals surface area contributed by atoms with Crippen molar-refractivity contribution in [3.63, 3.8) is 0 Å². The summed E-state index contributed by atoms with van der Waals surface area (Å²) in [4.78, 5) is 0. The summed E-state index contributed by atoms with van der Waals surface area (Å²) in [5.74, 6) is -0.175. The van der Waals surface area contributed by atoms with Gasteiger partial charge >= 0.3 is 0 Å². The van der Waals surface area contributed by atoms with E-state index in [9.17, 15) is 4.39 Å². The minimum atomic E-state index is -0.175. The summed E-state index contributed by atoms with van der Waals surface area (Å²) in [6.45, 7) is 2.11. The second kappa shape index (κ2) is 6.66. The SMILES string of the molecule is CCc1cc(CC(Cc2cccc(F)c2)NC)n(C)n1. The van der Waals surface area contributed by atoms with E-state index < -0.39 is 0 Å². The molecular formula is C16H22FN3. The molecule has 0 bridgehead atoms. The molecule has 4 heteroatoms. The van der Waals surface area contributed by atoms with Crippen molar-refractivity contribution in [2.24, 2.45) is 7.05 Å².